The fraction of sp³-hybridized carbons (Fsp3) is 0.357. The molecule has 0 spiro atoms. The van der Waals surface area contributed by atoms with Crippen LogP contribution in [0.15, 0.2) is 30.5 Å². The lowest BCUT2D eigenvalue weighted by Gasteiger charge is -2.16. The molecular formula is C14H16N2O5. The Morgan fingerprint density at radius 1 is 1.38 bits per heavy atom. The van der Waals surface area contributed by atoms with E-state index in [1.807, 2.05) is 12.1 Å². The van der Waals surface area contributed by atoms with Crippen molar-refractivity contribution in [3.8, 4) is 0 Å². The van der Waals surface area contributed by atoms with Gasteiger partial charge in [-0.2, -0.15) is 9.78 Å². The number of carbonyl (C=O) groups excluding carboxylic acids is 2. The fourth-order valence-electron chi connectivity index (χ4n) is 1.88. The third-order valence-corrected chi connectivity index (χ3v) is 3.14. The third-order valence-electron chi connectivity index (χ3n) is 3.14. The summed E-state index contributed by atoms with van der Waals surface area (Å²) in [4.78, 5) is 23.1. The average Bonchev–Trinajstić information content (AvgIpc) is 2.94. The van der Waals surface area contributed by atoms with E-state index in [9.17, 15) is 14.7 Å². The van der Waals surface area contributed by atoms with Crippen LogP contribution in [0.4, 0.5) is 4.79 Å². The molecule has 2 N–H and O–H groups in total. The first-order chi connectivity index (χ1) is 10.0. The van der Waals surface area contributed by atoms with Crippen LogP contribution in [0.3, 0.4) is 0 Å². The van der Waals surface area contributed by atoms with Crippen LogP contribution in [0.2, 0.25) is 0 Å². The Morgan fingerprint density at radius 2 is 2.10 bits per heavy atom. The summed E-state index contributed by atoms with van der Waals surface area (Å²) in [6.07, 6.45) is -0.506. The van der Waals surface area contributed by atoms with Gasteiger partial charge in [0.15, 0.2) is 5.78 Å². The van der Waals surface area contributed by atoms with Gasteiger partial charge in [0.1, 0.15) is 12.7 Å². The number of aliphatic hydroxyl groups excluding tert-OH is 2. The Morgan fingerprint density at radius 3 is 2.81 bits per heavy atom. The summed E-state index contributed by atoms with van der Waals surface area (Å²) in [6.45, 7) is 0.649. The molecule has 0 fully saturated rings. The second kappa shape index (κ2) is 6.47. The predicted molar refractivity (Wildman–Crippen MR) is 73.7 cm³/mol. The van der Waals surface area contributed by atoms with E-state index in [1.165, 1.54) is 0 Å². The van der Waals surface area contributed by atoms with Gasteiger partial charge in [0, 0.05) is 11.3 Å². The number of Topliss-reactive ketones (excluding diaryl/α,β-unsaturated/α-hetero) is 1. The normalized spacial score (nSPS) is 13.9. The molecule has 112 valence electrons. The van der Waals surface area contributed by atoms with Crippen molar-refractivity contribution >= 4 is 22.8 Å². The van der Waals surface area contributed by atoms with E-state index in [-0.39, 0.29) is 6.61 Å². The molecule has 2 unspecified atom stereocenters. The molecule has 1 heterocycles. The van der Waals surface area contributed by atoms with Crippen LogP contribution in [0.5, 0.6) is 0 Å². The van der Waals surface area contributed by atoms with Crippen molar-refractivity contribution in [3.63, 3.8) is 0 Å². The first kappa shape index (κ1) is 15.1. The summed E-state index contributed by atoms with van der Waals surface area (Å²) in [5.41, 5.74) is 0.613. The number of hydrogen-bond donors (Lipinski definition) is 2. The molecule has 0 saturated carbocycles. The SMILES string of the molecule is CC(COC(=O)n1ncc2ccccc21)C(O)C(=O)CO. The molecule has 0 saturated heterocycles. The molecule has 1 aromatic carbocycles. The number of ketones is 1. The summed E-state index contributed by atoms with van der Waals surface area (Å²) in [7, 11) is 0. The van der Waals surface area contributed by atoms with Crippen LogP contribution >= 0.6 is 0 Å². The molecule has 2 atom stereocenters. The predicted octanol–water partition coefficient (Wildman–Crippen LogP) is 0.579. The van der Waals surface area contributed by atoms with Gasteiger partial charge in [-0.25, -0.2) is 4.79 Å². The lowest BCUT2D eigenvalue weighted by molar-refractivity contribution is -0.133. The molecule has 2 rings (SSSR count). The minimum atomic E-state index is -1.36. The highest BCUT2D eigenvalue weighted by atomic mass is 16.6. The van der Waals surface area contributed by atoms with Gasteiger partial charge in [0.25, 0.3) is 0 Å². The number of carbonyl (C=O) groups is 2. The number of fused-ring (bicyclic) bond motifs is 1. The van der Waals surface area contributed by atoms with Gasteiger partial charge in [-0.15, -0.1) is 0 Å². The molecule has 0 amide bonds. The minimum Gasteiger partial charge on any atom is -0.447 e. The smallest absolute Gasteiger partial charge is 0.435 e. The number of rotatable bonds is 5. The number of benzene rings is 1. The first-order valence-electron chi connectivity index (χ1n) is 6.46. The Kier molecular flexibility index (Phi) is 4.66. The molecule has 1 aromatic heterocycles. The summed E-state index contributed by atoms with van der Waals surface area (Å²) in [6, 6.07) is 7.16. The molecule has 0 bridgehead atoms. The second-order valence-corrected chi connectivity index (χ2v) is 4.74. The van der Waals surface area contributed by atoms with E-state index >= 15 is 0 Å². The van der Waals surface area contributed by atoms with E-state index in [0.29, 0.717) is 5.52 Å². The average molecular weight is 292 g/mol. The maximum atomic E-state index is 11.9. The molecule has 0 aliphatic rings. The standard InChI is InChI=1S/C14H16N2O5/c1-9(13(19)12(18)7-17)8-21-14(20)16-11-5-3-2-4-10(11)6-15-16/h2-6,9,13,17,19H,7-8H2,1H3. The summed E-state index contributed by atoms with van der Waals surface area (Å²) < 4.78 is 6.15. The number of aliphatic hydroxyl groups is 2. The number of hydrogen-bond acceptors (Lipinski definition) is 6. The summed E-state index contributed by atoms with van der Waals surface area (Å²) in [5, 5.41) is 23.0. The molecule has 2 aromatic rings. The molecule has 7 nitrogen and oxygen atoms in total. The number of ether oxygens (including phenoxy) is 1. The molecule has 21 heavy (non-hydrogen) atoms. The van der Waals surface area contributed by atoms with E-state index < -0.39 is 30.5 Å². The zero-order valence-electron chi connectivity index (χ0n) is 11.5. The van der Waals surface area contributed by atoms with Crippen molar-refractivity contribution in [2.75, 3.05) is 13.2 Å². The molecule has 0 radical (unpaired) electrons. The summed E-state index contributed by atoms with van der Waals surface area (Å²) >= 11 is 0. The van der Waals surface area contributed by atoms with E-state index in [1.54, 1.807) is 25.3 Å². The van der Waals surface area contributed by atoms with Crippen LogP contribution in [0.1, 0.15) is 6.92 Å². The highest BCUT2D eigenvalue weighted by molar-refractivity contribution is 5.87. The lowest BCUT2D eigenvalue weighted by atomic mass is 10.0. The second-order valence-electron chi connectivity index (χ2n) is 4.74. The van der Waals surface area contributed by atoms with Gasteiger partial charge >= 0.3 is 6.09 Å². The van der Waals surface area contributed by atoms with Crippen LogP contribution in [0, 0.1) is 5.92 Å². The number of aromatic nitrogens is 2. The largest absolute Gasteiger partial charge is 0.447 e. The monoisotopic (exact) mass is 292 g/mol. The van der Waals surface area contributed by atoms with Crippen molar-refractivity contribution in [2.45, 2.75) is 13.0 Å². The van der Waals surface area contributed by atoms with Crippen molar-refractivity contribution in [1.29, 1.82) is 0 Å². The Bertz CT molecular complexity index is 652. The molecule has 7 heteroatoms. The zero-order valence-corrected chi connectivity index (χ0v) is 11.5. The van der Waals surface area contributed by atoms with Gasteiger partial charge in [-0.3, -0.25) is 4.79 Å². The van der Waals surface area contributed by atoms with E-state index in [2.05, 4.69) is 5.10 Å². The third kappa shape index (κ3) is 3.26. The van der Waals surface area contributed by atoms with Gasteiger partial charge in [-0.1, -0.05) is 25.1 Å². The van der Waals surface area contributed by atoms with Crippen molar-refractivity contribution < 1.29 is 24.5 Å². The number of nitrogens with zero attached hydrogens (tertiary/aromatic N) is 2. The van der Waals surface area contributed by atoms with Crippen molar-refractivity contribution in [3.05, 3.63) is 30.5 Å². The maximum absolute atomic E-state index is 11.9. The topological polar surface area (TPSA) is 102 Å². The van der Waals surface area contributed by atoms with Gasteiger partial charge in [-0.05, 0) is 6.07 Å². The Labute approximate surface area is 120 Å². The first-order valence-corrected chi connectivity index (χ1v) is 6.46. The Balaban J connectivity index is 2.00. The minimum absolute atomic E-state index is 0.153. The highest BCUT2D eigenvalue weighted by Gasteiger charge is 2.23. The van der Waals surface area contributed by atoms with Crippen molar-refractivity contribution in [1.82, 2.24) is 9.78 Å². The molecular weight excluding hydrogens is 276 g/mol. The van der Waals surface area contributed by atoms with E-state index in [0.717, 1.165) is 10.1 Å². The molecule has 0 aliphatic carbocycles. The fourth-order valence-corrected chi connectivity index (χ4v) is 1.88. The van der Waals surface area contributed by atoms with Gasteiger partial charge in [0.2, 0.25) is 0 Å². The van der Waals surface area contributed by atoms with Gasteiger partial charge in [0.05, 0.1) is 18.3 Å². The van der Waals surface area contributed by atoms with Crippen molar-refractivity contribution in [2.24, 2.45) is 5.92 Å². The lowest BCUT2D eigenvalue weighted by Crippen LogP contribution is -2.33. The number of para-hydroxylation sites is 1. The van der Waals surface area contributed by atoms with E-state index in [4.69, 9.17) is 9.84 Å². The van der Waals surface area contributed by atoms with Gasteiger partial charge < -0.3 is 14.9 Å². The highest BCUT2D eigenvalue weighted by Crippen LogP contribution is 2.13. The Hall–Kier alpha value is -2.25. The van der Waals surface area contributed by atoms with Crippen LogP contribution in [0.25, 0.3) is 10.9 Å². The molecule has 0 aliphatic heterocycles. The van der Waals surface area contributed by atoms with Crippen LogP contribution in [-0.4, -0.2) is 51.2 Å². The zero-order chi connectivity index (χ0) is 15.4. The quantitative estimate of drug-likeness (QED) is 0.836. The van der Waals surface area contributed by atoms with Crippen LogP contribution < -0.4 is 0 Å². The van der Waals surface area contributed by atoms with Crippen LogP contribution in [-0.2, 0) is 9.53 Å². The summed E-state index contributed by atoms with van der Waals surface area (Å²) in [5.74, 6) is -1.32. The maximum Gasteiger partial charge on any atom is 0.435 e.